The van der Waals surface area contributed by atoms with Crippen LogP contribution in [0, 0.1) is 17.8 Å². The van der Waals surface area contributed by atoms with Gasteiger partial charge in [0.1, 0.15) is 24.7 Å². The highest BCUT2D eigenvalue weighted by atomic mass is 16.3. The molecule has 3 amide bonds. The lowest BCUT2D eigenvalue weighted by atomic mass is 9.74. The van der Waals surface area contributed by atoms with Crippen molar-refractivity contribution in [2.45, 2.75) is 52.1 Å². The van der Waals surface area contributed by atoms with Crippen LogP contribution in [0.15, 0.2) is 84.9 Å². The number of fused-ring (bicyclic) bond motifs is 2. The topological polar surface area (TPSA) is 194 Å². The molecular weight excluding hydrogens is 664 g/mol. The van der Waals surface area contributed by atoms with E-state index in [9.17, 15) is 29.4 Å². The zero-order chi connectivity index (χ0) is 38.6. The second-order valence-corrected chi connectivity index (χ2v) is 12.1. The Bertz CT molecular complexity index is 1750. The molecule has 4 unspecified atom stereocenters. The molecule has 5 atom stereocenters. The molecule has 1 fully saturated rings. The molecule has 7 N–H and O–H groups in total. The Morgan fingerprint density at radius 3 is 1.60 bits per heavy atom. The van der Waals surface area contributed by atoms with Crippen molar-refractivity contribution in [3.63, 3.8) is 0 Å². The molecule has 0 saturated heterocycles. The molecule has 5 rings (SSSR count). The fourth-order valence-electron chi connectivity index (χ4n) is 6.17. The number of anilines is 2. The van der Waals surface area contributed by atoms with Crippen molar-refractivity contribution in [3.05, 3.63) is 84.9 Å². The fourth-order valence-corrected chi connectivity index (χ4v) is 6.17. The Labute approximate surface area is 305 Å². The van der Waals surface area contributed by atoms with E-state index in [1.54, 1.807) is 12.1 Å². The van der Waals surface area contributed by atoms with E-state index in [0.29, 0.717) is 24.2 Å². The van der Waals surface area contributed by atoms with Gasteiger partial charge < -0.3 is 36.1 Å². The van der Waals surface area contributed by atoms with Crippen LogP contribution in [-0.4, -0.2) is 84.6 Å². The Hall–Kier alpha value is -5.01. The Kier molecular flexibility index (Phi) is 18.9. The SMILES string of the molecule is C=O.CC.CC1CC(C(=O)CNC(CO)C(=O)Nc2ccc3ccccc3c2)CC(C(=O)N[C@@H](CO)C(=O)Nc2ccc3ccccc3c2)C1.CO. The Morgan fingerprint density at radius 1 is 0.673 bits per heavy atom. The van der Waals surface area contributed by atoms with Gasteiger partial charge >= 0.3 is 0 Å². The number of hydrogen-bond donors (Lipinski definition) is 7. The minimum absolute atomic E-state index is 0.0716. The molecular formula is C40H52N4O8. The molecule has 52 heavy (non-hydrogen) atoms. The molecule has 0 radical (unpaired) electrons. The van der Waals surface area contributed by atoms with Crippen LogP contribution in [0.4, 0.5) is 11.4 Å². The van der Waals surface area contributed by atoms with Gasteiger partial charge in [-0.2, -0.15) is 0 Å². The van der Waals surface area contributed by atoms with Crippen molar-refractivity contribution in [3.8, 4) is 0 Å². The summed E-state index contributed by atoms with van der Waals surface area (Å²) in [5, 5.41) is 41.9. The summed E-state index contributed by atoms with van der Waals surface area (Å²) in [6.45, 7) is 6.75. The zero-order valence-corrected chi connectivity index (χ0v) is 30.3. The van der Waals surface area contributed by atoms with Crippen molar-refractivity contribution in [1.29, 1.82) is 0 Å². The number of ketones is 1. The van der Waals surface area contributed by atoms with Crippen molar-refractivity contribution >= 4 is 63.2 Å². The lowest BCUT2D eigenvalue weighted by Gasteiger charge is -2.32. The third-order valence-electron chi connectivity index (χ3n) is 8.64. The minimum atomic E-state index is -1.15. The normalized spacial score (nSPS) is 17.3. The summed E-state index contributed by atoms with van der Waals surface area (Å²) in [5.41, 5.74) is 1.13. The molecule has 1 saturated carbocycles. The summed E-state index contributed by atoms with van der Waals surface area (Å²) in [6, 6.07) is 24.3. The van der Waals surface area contributed by atoms with Gasteiger partial charge in [-0.1, -0.05) is 81.4 Å². The largest absolute Gasteiger partial charge is 0.400 e. The number of carbonyl (C=O) groups is 5. The van der Waals surface area contributed by atoms with Gasteiger partial charge in [0.15, 0.2) is 0 Å². The number of nitrogens with one attached hydrogen (secondary N) is 4. The van der Waals surface area contributed by atoms with Crippen molar-refractivity contribution in [1.82, 2.24) is 10.6 Å². The van der Waals surface area contributed by atoms with Crippen LogP contribution < -0.4 is 21.3 Å². The summed E-state index contributed by atoms with van der Waals surface area (Å²) < 4.78 is 0. The molecule has 4 aromatic carbocycles. The van der Waals surface area contributed by atoms with Crippen molar-refractivity contribution in [2.24, 2.45) is 17.8 Å². The highest BCUT2D eigenvalue weighted by Crippen LogP contribution is 2.34. The van der Waals surface area contributed by atoms with Crippen molar-refractivity contribution in [2.75, 3.05) is 37.5 Å². The fraction of sp³-hybridized carbons (Fsp3) is 0.375. The lowest BCUT2D eigenvalue weighted by Crippen LogP contribution is -2.50. The summed E-state index contributed by atoms with van der Waals surface area (Å²) in [7, 11) is 1.00. The molecule has 0 aromatic heterocycles. The first-order chi connectivity index (χ1) is 25.2. The first-order valence-corrected chi connectivity index (χ1v) is 17.3. The third kappa shape index (κ3) is 12.3. The number of amides is 3. The number of benzene rings is 4. The molecule has 0 aliphatic heterocycles. The molecule has 4 aromatic rings. The van der Waals surface area contributed by atoms with Crippen LogP contribution in [0.2, 0.25) is 0 Å². The number of carbonyl (C=O) groups excluding carboxylic acids is 5. The van der Waals surface area contributed by atoms with Crippen LogP contribution in [-0.2, 0) is 24.0 Å². The highest BCUT2D eigenvalue weighted by molar-refractivity contribution is 6.00. The molecule has 1 aliphatic rings. The van der Waals surface area contributed by atoms with Crippen LogP contribution in [0.1, 0.15) is 40.0 Å². The molecule has 280 valence electrons. The summed E-state index contributed by atoms with van der Waals surface area (Å²) in [4.78, 5) is 60.3. The summed E-state index contributed by atoms with van der Waals surface area (Å²) >= 11 is 0. The number of Topliss-reactive ketones (excluding diaryl/α,β-unsaturated/α-hetero) is 1. The molecule has 12 heteroatoms. The van der Waals surface area contributed by atoms with Crippen LogP contribution >= 0.6 is 0 Å². The molecule has 0 heterocycles. The Morgan fingerprint density at radius 2 is 1.12 bits per heavy atom. The van der Waals surface area contributed by atoms with E-state index in [2.05, 4.69) is 21.3 Å². The number of aliphatic hydroxyl groups is 3. The Balaban J connectivity index is 0.00000148. The van der Waals surface area contributed by atoms with Gasteiger partial charge in [0, 0.05) is 30.3 Å². The van der Waals surface area contributed by atoms with E-state index < -0.39 is 54.9 Å². The van der Waals surface area contributed by atoms with Crippen LogP contribution in [0.25, 0.3) is 21.5 Å². The maximum absolute atomic E-state index is 13.3. The molecule has 1 aliphatic carbocycles. The quantitative estimate of drug-likeness (QED) is 0.113. The first-order valence-electron chi connectivity index (χ1n) is 17.3. The predicted octanol–water partition coefficient (Wildman–Crippen LogP) is 4.07. The van der Waals surface area contributed by atoms with E-state index in [4.69, 9.17) is 9.90 Å². The number of rotatable bonds is 12. The smallest absolute Gasteiger partial charge is 0.249 e. The van der Waals surface area contributed by atoms with E-state index in [-0.39, 0.29) is 24.7 Å². The second kappa shape index (κ2) is 22.7. The second-order valence-electron chi connectivity index (χ2n) is 12.1. The van der Waals surface area contributed by atoms with Gasteiger partial charge in [-0.3, -0.25) is 24.5 Å². The predicted molar refractivity (Wildman–Crippen MR) is 205 cm³/mol. The summed E-state index contributed by atoms with van der Waals surface area (Å²) in [5.74, 6) is -2.44. The highest BCUT2D eigenvalue weighted by Gasteiger charge is 2.36. The summed E-state index contributed by atoms with van der Waals surface area (Å²) in [6.07, 6.45) is 1.42. The number of hydrogen-bond acceptors (Lipinski definition) is 9. The molecule has 0 bridgehead atoms. The maximum Gasteiger partial charge on any atom is 0.249 e. The van der Waals surface area contributed by atoms with Crippen molar-refractivity contribution < 1.29 is 39.3 Å². The van der Waals surface area contributed by atoms with Gasteiger partial charge in [0.2, 0.25) is 17.7 Å². The first kappa shape index (κ1) is 43.2. The van der Waals surface area contributed by atoms with E-state index in [1.807, 2.05) is 100 Å². The van der Waals surface area contributed by atoms with E-state index in [0.717, 1.165) is 28.7 Å². The van der Waals surface area contributed by atoms with Gasteiger partial charge in [-0.15, -0.1) is 0 Å². The van der Waals surface area contributed by atoms with E-state index in [1.165, 1.54) is 0 Å². The van der Waals surface area contributed by atoms with Gasteiger partial charge in [0.05, 0.1) is 19.8 Å². The number of aliphatic hydroxyl groups excluding tert-OH is 3. The van der Waals surface area contributed by atoms with Gasteiger partial charge in [-0.05, 0) is 71.0 Å². The standard InChI is InChI=1S/C36H40N4O6.C2H6.CH4O.CH2O/c1-22-14-27(33(43)19-37-31(20-41)35(45)38-29-12-10-23-6-2-4-8-25(23)17-29)16-28(15-22)34(44)40-32(21-42)36(46)39-30-13-11-24-7-3-5-9-26(24)18-30;3*1-2/h2-13,17-18,22,27-28,31-32,37,41-42H,14-16,19-21H2,1H3,(H,38,45)(H,39,46)(H,40,44);1-2H3;2H,1H3;1H2/t22?,27?,28?,31?,32-;;;/m0.../s1. The molecule has 0 spiro atoms. The average molecular weight is 717 g/mol. The minimum Gasteiger partial charge on any atom is -0.400 e. The zero-order valence-electron chi connectivity index (χ0n) is 30.3. The average Bonchev–Trinajstić information content (AvgIpc) is 3.18. The van der Waals surface area contributed by atoms with E-state index >= 15 is 0 Å². The van der Waals surface area contributed by atoms with Crippen LogP contribution in [0.3, 0.4) is 0 Å². The van der Waals surface area contributed by atoms with Gasteiger partial charge in [-0.25, -0.2) is 0 Å². The molecule has 12 nitrogen and oxygen atoms in total. The van der Waals surface area contributed by atoms with Gasteiger partial charge in [0.25, 0.3) is 0 Å². The van der Waals surface area contributed by atoms with Crippen LogP contribution in [0.5, 0.6) is 0 Å². The monoisotopic (exact) mass is 716 g/mol. The lowest BCUT2D eigenvalue weighted by molar-refractivity contribution is -0.133. The third-order valence-corrected chi connectivity index (χ3v) is 8.64. The maximum atomic E-state index is 13.3.